The molecule has 0 aliphatic heterocycles. The molecule has 0 radical (unpaired) electrons. The third-order valence-electron chi connectivity index (χ3n) is 4.96. The number of nitrogens with one attached hydrogen (secondary N) is 1. The number of amides is 1. The van der Waals surface area contributed by atoms with E-state index in [1.807, 2.05) is 32.0 Å². The lowest BCUT2D eigenvalue weighted by Crippen LogP contribution is -2.21. The van der Waals surface area contributed by atoms with E-state index in [0.717, 1.165) is 26.9 Å². The number of ether oxygens (including phenoxy) is 1. The molecule has 0 fully saturated rings. The van der Waals surface area contributed by atoms with Gasteiger partial charge in [-0.25, -0.2) is 0 Å². The number of aromatic nitrogens is 4. The van der Waals surface area contributed by atoms with Gasteiger partial charge in [-0.1, -0.05) is 46.1 Å². The smallest absolute Gasteiger partial charge is 0.262 e. The van der Waals surface area contributed by atoms with Crippen LogP contribution in [0.2, 0.25) is 15.1 Å². The quantitative estimate of drug-likeness (QED) is 0.353. The number of nitrogens with zero attached hydrogens (tertiary/aromatic N) is 4. The van der Waals surface area contributed by atoms with Crippen molar-refractivity contribution < 1.29 is 9.53 Å². The van der Waals surface area contributed by atoms with E-state index in [1.54, 1.807) is 18.4 Å². The van der Waals surface area contributed by atoms with Crippen molar-refractivity contribution >= 4 is 62.7 Å². The van der Waals surface area contributed by atoms with Crippen LogP contribution in [0.4, 0.5) is 5.69 Å². The zero-order valence-electron chi connectivity index (χ0n) is 17.6. The third kappa shape index (κ3) is 4.15. The SMILES string of the molecule is Cc1cc(-c2nn3c(C)nnc3s2)ccc1NC(=O)COc1c(Cl)c(C)c(Cl)c(C)c1Cl. The van der Waals surface area contributed by atoms with Crippen LogP contribution >= 0.6 is 46.1 Å². The first-order valence-corrected chi connectivity index (χ1v) is 11.5. The summed E-state index contributed by atoms with van der Waals surface area (Å²) in [6, 6.07) is 5.68. The highest BCUT2D eigenvalue weighted by molar-refractivity contribution is 7.19. The van der Waals surface area contributed by atoms with Gasteiger partial charge in [0.15, 0.2) is 18.2 Å². The van der Waals surface area contributed by atoms with E-state index in [9.17, 15) is 4.79 Å². The maximum atomic E-state index is 12.5. The minimum Gasteiger partial charge on any atom is -0.481 e. The van der Waals surface area contributed by atoms with Gasteiger partial charge in [-0.2, -0.15) is 9.61 Å². The lowest BCUT2D eigenvalue weighted by molar-refractivity contribution is -0.118. The molecule has 11 heteroatoms. The van der Waals surface area contributed by atoms with Gasteiger partial charge in [-0.15, -0.1) is 10.2 Å². The van der Waals surface area contributed by atoms with Crippen LogP contribution in [0, 0.1) is 27.7 Å². The molecule has 32 heavy (non-hydrogen) atoms. The summed E-state index contributed by atoms with van der Waals surface area (Å²) in [6.45, 7) is 7.04. The van der Waals surface area contributed by atoms with Crippen molar-refractivity contribution in [3.63, 3.8) is 0 Å². The lowest BCUT2D eigenvalue weighted by Gasteiger charge is -2.16. The van der Waals surface area contributed by atoms with Crippen LogP contribution in [0.1, 0.15) is 22.5 Å². The van der Waals surface area contributed by atoms with Crippen LogP contribution in [0.5, 0.6) is 5.75 Å². The summed E-state index contributed by atoms with van der Waals surface area (Å²) in [4.78, 5) is 13.2. The largest absolute Gasteiger partial charge is 0.481 e. The number of aryl methyl sites for hydroxylation is 2. The Labute approximate surface area is 203 Å². The predicted molar refractivity (Wildman–Crippen MR) is 129 cm³/mol. The lowest BCUT2D eigenvalue weighted by atomic mass is 10.1. The van der Waals surface area contributed by atoms with E-state index in [0.29, 0.717) is 31.9 Å². The highest BCUT2D eigenvalue weighted by Gasteiger charge is 2.19. The average Bonchev–Trinajstić information content (AvgIpc) is 3.34. The van der Waals surface area contributed by atoms with Crippen molar-refractivity contribution in [2.75, 3.05) is 11.9 Å². The third-order valence-corrected chi connectivity index (χ3v) is 7.38. The molecule has 4 aromatic rings. The van der Waals surface area contributed by atoms with Gasteiger partial charge in [0.25, 0.3) is 5.91 Å². The molecule has 0 aliphatic rings. The monoisotopic (exact) mass is 509 g/mol. The van der Waals surface area contributed by atoms with E-state index >= 15 is 0 Å². The number of anilines is 1. The Morgan fingerprint density at radius 2 is 1.75 bits per heavy atom. The molecule has 2 aromatic heterocycles. The first-order valence-electron chi connectivity index (χ1n) is 9.53. The molecule has 0 atom stereocenters. The second-order valence-corrected chi connectivity index (χ2v) is 9.33. The Hall–Kier alpha value is -2.39. The minimum absolute atomic E-state index is 0.244. The molecule has 2 heterocycles. The fraction of sp³-hybridized carbons (Fsp3) is 0.238. The number of halogens is 3. The van der Waals surface area contributed by atoms with Crippen molar-refractivity contribution in [1.82, 2.24) is 19.8 Å². The summed E-state index contributed by atoms with van der Waals surface area (Å²) in [5.41, 5.74) is 3.78. The van der Waals surface area contributed by atoms with Gasteiger partial charge in [-0.05, 0) is 62.6 Å². The first kappa shape index (κ1) is 22.8. The zero-order chi connectivity index (χ0) is 23.2. The molecular formula is C21H18Cl3N5O2S. The van der Waals surface area contributed by atoms with Gasteiger partial charge >= 0.3 is 0 Å². The van der Waals surface area contributed by atoms with Crippen LogP contribution in [0.25, 0.3) is 15.5 Å². The number of carbonyl (C=O) groups is 1. The fourth-order valence-corrected chi connectivity index (χ4v) is 4.83. The van der Waals surface area contributed by atoms with Gasteiger partial charge in [0.05, 0.1) is 10.0 Å². The van der Waals surface area contributed by atoms with E-state index in [4.69, 9.17) is 39.5 Å². The molecule has 4 rings (SSSR count). The van der Waals surface area contributed by atoms with Crippen molar-refractivity contribution in [2.24, 2.45) is 0 Å². The molecule has 0 unspecified atom stereocenters. The number of hydrogen-bond acceptors (Lipinski definition) is 6. The van der Waals surface area contributed by atoms with Gasteiger partial charge < -0.3 is 10.1 Å². The van der Waals surface area contributed by atoms with Gasteiger partial charge in [0, 0.05) is 16.3 Å². The number of carbonyl (C=O) groups excluding carboxylic acids is 1. The molecule has 0 saturated heterocycles. The molecule has 0 aliphatic carbocycles. The molecule has 7 nitrogen and oxygen atoms in total. The van der Waals surface area contributed by atoms with Crippen molar-refractivity contribution in [1.29, 1.82) is 0 Å². The normalized spacial score (nSPS) is 11.2. The van der Waals surface area contributed by atoms with Crippen LogP contribution in [0.3, 0.4) is 0 Å². The number of benzene rings is 2. The Balaban J connectivity index is 1.47. The second kappa shape index (κ2) is 8.86. The second-order valence-electron chi connectivity index (χ2n) is 7.24. The fourth-order valence-electron chi connectivity index (χ4n) is 3.13. The van der Waals surface area contributed by atoms with Crippen molar-refractivity contribution in [3.05, 3.63) is 55.8 Å². The van der Waals surface area contributed by atoms with E-state index < -0.39 is 0 Å². The van der Waals surface area contributed by atoms with Gasteiger partial charge in [0.1, 0.15) is 5.01 Å². The van der Waals surface area contributed by atoms with Crippen molar-refractivity contribution in [2.45, 2.75) is 27.7 Å². The van der Waals surface area contributed by atoms with Crippen molar-refractivity contribution in [3.8, 4) is 16.3 Å². The molecular weight excluding hydrogens is 493 g/mol. The summed E-state index contributed by atoms with van der Waals surface area (Å²) in [5, 5.41) is 17.4. The Morgan fingerprint density at radius 3 is 2.38 bits per heavy atom. The highest BCUT2D eigenvalue weighted by atomic mass is 35.5. The van der Waals surface area contributed by atoms with E-state index in [-0.39, 0.29) is 18.3 Å². The number of hydrogen-bond donors (Lipinski definition) is 1. The summed E-state index contributed by atoms with van der Waals surface area (Å²) < 4.78 is 7.34. The summed E-state index contributed by atoms with van der Waals surface area (Å²) in [7, 11) is 0. The highest BCUT2D eigenvalue weighted by Crippen LogP contribution is 2.42. The number of rotatable bonds is 5. The summed E-state index contributed by atoms with van der Waals surface area (Å²) in [5.74, 6) is 0.635. The van der Waals surface area contributed by atoms with Gasteiger partial charge in [0.2, 0.25) is 4.96 Å². The summed E-state index contributed by atoms with van der Waals surface area (Å²) in [6.07, 6.45) is 0. The molecule has 0 bridgehead atoms. The van der Waals surface area contributed by atoms with E-state index in [1.165, 1.54) is 11.3 Å². The minimum atomic E-state index is -0.340. The molecule has 0 saturated carbocycles. The molecule has 1 N–H and O–H groups in total. The number of fused-ring (bicyclic) bond motifs is 1. The zero-order valence-corrected chi connectivity index (χ0v) is 20.7. The van der Waals surface area contributed by atoms with Crippen LogP contribution in [-0.2, 0) is 4.79 Å². The van der Waals surface area contributed by atoms with Gasteiger partial charge in [-0.3, -0.25) is 4.79 Å². The first-order chi connectivity index (χ1) is 15.2. The van der Waals surface area contributed by atoms with Crippen LogP contribution in [-0.4, -0.2) is 32.3 Å². The Morgan fingerprint density at radius 1 is 1.06 bits per heavy atom. The summed E-state index contributed by atoms with van der Waals surface area (Å²) >= 11 is 20.3. The Kier molecular flexibility index (Phi) is 6.31. The molecule has 166 valence electrons. The maximum Gasteiger partial charge on any atom is 0.262 e. The average molecular weight is 511 g/mol. The van der Waals surface area contributed by atoms with E-state index in [2.05, 4.69) is 20.6 Å². The molecule has 1 amide bonds. The maximum absolute atomic E-state index is 12.5. The van der Waals surface area contributed by atoms with Crippen LogP contribution < -0.4 is 10.1 Å². The Bertz CT molecular complexity index is 1340. The standard InChI is InChI=1S/C21H18Cl3N5O2S/c1-9-7-13(20-28-29-12(4)26-27-21(29)32-20)5-6-14(9)25-15(30)8-31-19-17(23)10(2)16(22)11(3)18(19)24/h5-7H,8H2,1-4H3,(H,25,30). The molecule has 0 spiro atoms. The topological polar surface area (TPSA) is 81.4 Å². The predicted octanol–water partition coefficient (Wildman–Crippen LogP) is 6.06. The van der Waals surface area contributed by atoms with Crippen LogP contribution in [0.15, 0.2) is 18.2 Å². The molecule has 2 aromatic carbocycles.